The van der Waals surface area contributed by atoms with Crippen molar-refractivity contribution < 1.29 is 0 Å². The first-order valence-electron chi connectivity index (χ1n) is 5.80. The summed E-state index contributed by atoms with van der Waals surface area (Å²) in [6.07, 6.45) is 1.97. The number of hydrogen-bond donors (Lipinski definition) is 1. The molecule has 2 aromatic rings. The molecule has 0 atom stereocenters. The first-order valence-corrected chi connectivity index (χ1v) is 7.40. The van der Waals surface area contributed by atoms with Crippen LogP contribution in [0.5, 0.6) is 0 Å². The van der Waals surface area contributed by atoms with E-state index in [1.807, 2.05) is 48.7 Å². The molecule has 1 N–H and O–H groups in total. The average molecular weight is 289 g/mol. The van der Waals surface area contributed by atoms with Crippen LogP contribution in [0.25, 0.3) is 0 Å². The van der Waals surface area contributed by atoms with Crippen molar-refractivity contribution in [1.29, 1.82) is 5.26 Å². The van der Waals surface area contributed by atoms with Gasteiger partial charge in [-0.05, 0) is 36.1 Å². The fourth-order valence-electron chi connectivity index (χ4n) is 1.76. The molecule has 0 fully saturated rings. The molecule has 0 aliphatic heterocycles. The molecular formula is C15H13ClN2S. The van der Waals surface area contributed by atoms with Gasteiger partial charge in [0.25, 0.3) is 0 Å². The summed E-state index contributed by atoms with van der Waals surface area (Å²) in [5, 5.41) is 13.3. The van der Waals surface area contributed by atoms with Crippen LogP contribution in [0.4, 0.5) is 5.69 Å². The molecular weight excluding hydrogens is 276 g/mol. The normalized spacial score (nSPS) is 9.95. The number of hydrogen-bond acceptors (Lipinski definition) is 3. The van der Waals surface area contributed by atoms with Crippen LogP contribution >= 0.6 is 23.4 Å². The minimum absolute atomic E-state index is 0.670. The Labute approximate surface area is 122 Å². The Hall–Kier alpha value is -1.63. The van der Waals surface area contributed by atoms with Crippen molar-refractivity contribution in [3.63, 3.8) is 0 Å². The van der Waals surface area contributed by atoms with Crippen molar-refractivity contribution in [2.45, 2.75) is 11.4 Å². The summed E-state index contributed by atoms with van der Waals surface area (Å²) in [5.41, 5.74) is 2.69. The highest BCUT2D eigenvalue weighted by atomic mass is 35.5. The Kier molecular flexibility index (Phi) is 4.73. The molecule has 0 aliphatic rings. The van der Waals surface area contributed by atoms with E-state index in [1.54, 1.807) is 11.8 Å². The third kappa shape index (κ3) is 3.44. The van der Waals surface area contributed by atoms with E-state index in [2.05, 4.69) is 11.4 Å². The molecule has 4 heteroatoms. The van der Waals surface area contributed by atoms with E-state index >= 15 is 0 Å². The largest absolute Gasteiger partial charge is 0.380 e. The second kappa shape index (κ2) is 6.51. The van der Waals surface area contributed by atoms with Gasteiger partial charge in [-0.3, -0.25) is 0 Å². The van der Waals surface area contributed by atoms with Gasteiger partial charge in [0.2, 0.25) is 0 Å². The second-order valence-electron chi connectivity index (χ2n) is 3.97. The lowest BCUT2D eigenvalue weighted by Crippen LogP contribution is -2.01. The van der Waals surface area contributed by atoms with E-state index in [-0.39, 0.29) is 0 Å². The minimum Gasteiger partial charge on any atom is -0.380 e. The highest BCUT2D eigenvalue weighted by molar-refractivity contribution is 7.98. The van der Waals surface area contributed by atoms with Gasteiger partial charge in [-0.2, -0.15) is 5.26 Å². The molecule has 0 unspecified atom stereocenters. The zero-order valence-electron chi connectivity index (χ0n) is 10.5. The predicted molar refractivity (Wildman–Crippen MR) is 81.7 cm³/mol. The van der Waals surface area contributed by atoms with E-state index in [1.165, 1.54) is 0 Å². The number of anilines is 1. The summed E-state index contributed by atoms with van der Waals surface area (Å²) in [6.45, 7) is 0.670. The number of thioether (sulfide) groups is 1. The van der Waals surface area contributed by atoms with Crippen LogP contribution < -0.4 is 5.32 Å². The molecule has 0 spiro atoms. The highest BCUT2D eigenvalue weighted by Gasteiger charge is 2.06. The van der Waals surface area contributed by atoms with Crippen molar-refractivity contribution in [2.75, 3.05) is 11.6 Å². The molecule has 0 saturated carbocycles. The Morgan fingerprint density at radius 1 is 1.21 bits per heavy atom. The van der Waals surface area contributed by atoms with Crippen molar-refractivity contribution in [2.24, 2.45) is 0 Å². The Morgan fingerprint density at radius 3 is 2.58 bits per heavy atom. The standard InChI is InChI=1S/C15H13ClN2S/c1-19-15-4-2-3-14(13(15)9-17)18-10-11-5-7-12(16)8-6-11/h2-8,18H,10H2,1H3. The van der Waals surface area contributed by atoms with Crippen LogP contribution in [0.1, 0.15) is 11.1 Å². The van der Waals surface area contributed by atoms with E-state index in [4.69, 9.17) is 11.6 Å². The highest BCUT2D eigenvalue weighted by Crippen LogP contribution is 2.26. The average Bonchev–Trinajstić information content (AvgIpc) is 2.46. The SMILES string of the molecule is CSc1cccc(NCc2ccc(Cl)cc2)c1C#N. The van der Waals surface area contributed by atoms with Crippen LogP contribution in [0.2, 0.25) is 5.02 Å². The summed E-state index contributed by atoms with van der Waals surface area (Å²) in [6, 6.07) is 15.8. The van der Waals surface area contributed by atoms with Crippen molar-refractivity contribution in [3.8, 4) is 6.07 Å². The van der Waals surface area contributed by atoms with Gasteiger partial charge in [0, 0.05) is 16.5 Å². The molecule has 2 aromatic carbocycles. The van der Waals surface area contributed by atoms with Gasteiger partial charge in [-0.1, -0.05) is 29.8 Å². The Morgan fingerprint density at radius 2 is 1.95 bits per heavy atom. The fourth-order valence-corrected chi connectivity index (χ4v) is 2.46. The maximum atomic E-state index is 9.24. The van der Waals surface area contributed by atoms with Crippen LogP contribution in [-0.2, 0) is 6.54 Å². The first-order chi connectivity index (χ1) is 9.24. The van der Waals surface area contributed by atoms with Gasteiger partial charge in [-0.15, -0.1) is 11.8 Å². The molecule has 0 radical (unpaired) electrons. The van der Waals surface area contributed by atoms with Crippen LogP contribution in [0.3, 0.4) is 0 Å². The van der Waals surface area contributed by atoms with Gasteiger partial charge >= 0.3 is 0 Å². The lowest BCUT2D eigenvalue weighted by atomic mass is 10.1. The van der Waals surface area contributed by atoms with E-state index in [0.29, 0.717) is 12.1 Å². The van der Waals surface area contributed by atoms with Crippen LogP contribution in [0.15, 0.2) is 47.4 Å². The molecule has 0 amide bonds. The number of nitriles is 1. The van der Waals surface area contributed by atoms with E-state index < -0.39 is 0 Å². The summed E-state index contributed by atoms with van der Waals surface area (Å²) in [5.74, 6) is 0. The van der Waals surface area contributed by atoms with Crippen molar-refractivity contribution in [3.05, 3.63) is 58.6 Å². The third-order valence-electron chi connectivity index (χ3n) is 2.75. The second-order valence-corrected chi connectivity index (χ2v) is 5.26. The summed E-state index contributed by atoms with van der Waals surface area (Å²) < 4.78 is 0. The smallest absolute Gasteiger partial charge is 0.102 e. The van der Waals surface area contributed by atoms with Gasteiger partial charge < -0.3 is 5.32 Å². The predicted octanol–water partition coefficient (Wildman–Crippen LogP) is 4.55. The number of rotatable bonds is 4. The fraction of sp³-hybridized carbons (Fsp3) is 0.133. The number of nitrogens with one attached hydrogen (secondary N) is 1. The first kappa shape index (κ1) is 13.8. The third-order valence-corrected chi connectivity index (χ3v) is 3.79. The molecule has 0 heterocycles. The quantitative estimate of drug-likeness (QED) is 0.839. The van der Waals surface area contributed by atoms with Gasteiger partial charge in [0.05, 0.1) is 11.3 Å². The van der Waals surface area contributed by atoms with Gasteiger partial charge in [-0.25, -0.2) is 0 Å². The zero-order chi connectivity index (χ0) is 13.7. The lowest BCUT2D eigenvalue weighted by molar-refractivity contribution is 1.14. The molecule has 2 nitrogen and oxygen atoms in total. The summed E-state index contributed by atoms with van der Waals surface area (Å²) >= 11 is 7.43. The maximum Gasteiger partial charge on any atom is 0.102 e. The molecule has 2 rings (SSSR count). The zero-order valence-corrected chi connectivity index (χ0v) is 12.1. The van der Waals surface area contributed by atoms with Gasteiger partial charge in [0.1, 0.15) is 6.07 Å². The van der Waals surface area contributed by atoms with E-state index in [0.717, 1.165) is 21.2 Å². The minimum atomic E-state index is 0.670. The Bertz CT molecular complexity index is 603. The number of halogens is 1. The molecule has 0 saturated heterocycles. The maximum absolute atomic E-state index is 9.24. The number of benzene rings is 2. The van der Waals surface area contributed by atoms with Gasteiger partial charge in [0.15, 0.2) is 0 Å². The topological polar surface area (TPSA) is 35.8 Å². The number of nitrogens with zero attached hydrogens (tertiary/aromatic N) is 1. The monoisotopic (exact) mass is 288 g/mol. The molecule has 96 valence electrons. The van der Waals surface area contributed by atoms with Crippen molar-refractivity contribution >= 4 is 29.1 Å². The molecule has 0 aliphatic carbocycles. The summed E-state index contributed by atoms with van der Waals surface area (Å²) in [7, 11) is 0. The summed E-state index contributed by atoms with van der Waals surface area (Å²) in [4.78, 5) is 0.989. The molecule has 0 aromatic heterocycles. The van der Waals surface area contributed by atoms with E-state index in [9.17, 15) is 5.26 Å². The van der Waals surface area contributed by atoms with Crippen LogP contribution in [0, 0.1) is 11.3 Å². The lowest BCUT2D eigenvalue weighted by Gasteiger charge is -2.10. The molecule has 19 heavy (non-hydrogen) atoms. The molecule has 0 bridgehead atoms. The van der Waals surface area contributed by atoms with Crippen LogP contribution in [-0.4, -0.2) is 6.26 Å². The Balaban J connectivity index is 2.16. The van der Waals surface area contributed by atoms with Crippen molar-refractivity contribution in [1.82, 2.24) is 0 Å².